The number of carbonyl (C=O) groups is 4. The van der Waals surface area contributed by atoms with Crippen molar-refractivity contribution in [2.24, 2.45) is 5.92 Å². The molecule has 0 aliphatic carbocycles. The first kappa shape index (κ1) is 22.1. The van der Waals surface area contributed by atoms with Crippen LogP contribution in [0.25, 0.3) is 0 Å². The lowest BCUT2D eigenvalue weighted by Crippen LogP contribution is -2.50. The first-order chi connectivity index (χ1) is 14.8. The van der Waals surface area contributed by atoms with E-state index in [1.165, 1.54) is 12.0 Å². The van der Waals surface area contributed by atoms with Crippen LogP contribution in [0.5, 0.6) is 5.75 Å². The third-order valence-corrected chi connectivity index (χ3v) is 5.06. The fourth-order valence-electron chi connectivity index (χ4n) is 3.61. The summed E-state index contributed by atoms with van der Waals surface area (Å²) in [7, 11) is 1.51. The maximum Gasteiger partial charge on any atom is 0.338 e. The molecule has 1 aromatic carbocycles. The molecule has 3 amide bonds. The van der Waals surface area contributed by atoms with Crippen molar-refractivity contribution >= 4 is 29.6 Å². The van der Waals surface area contributed by atoms with E-state index < -0.39 is 29.9 Å². The van der Waals surface area contributed by atoms with Crippen molar-refractivity contribution in [3.63, 3.8) is 0 Å². The van der Waals surface area contributed by atoms with Gasteiger partial charge in [0.05, 0.1) is 42.6 Å². The molecule has 0 unspecified atom stereocenters. The molecule has 2 aliphatic heterocycles. The summed E-state index contributed by atoms with van der Waals surface area (Å²) in [5.74, 6) is -1.57. The van der Waals surface area contributed by atoms with Crippen molar-refractivity contribution in [3.05, 3.63) is 35.5 Å². The minimum atomic E-state index is -0.682. The summed E-state index contributed by atoms with van der Waals surface area (Å²) >= 11 is 0. The van der Waals surface area contributed by atoms with Gasteiger partial charge in [0, 0.05) is 13.0 Å². The van der Waals surface area contributed by atoms with Crippen LogP contribution in [0.2, 0.25) is 0 Å². The van der Waals surface area contributed by atoms with Gasteiger partial charge in [0.15, 0.2) is 0 Å². The van der Waals surface area contributed by atoms with E-state index in [2.05, 4.69) is 10.6 Å². The highest BCUT2D eigenvalue weighted by Crippen LogP contribution is 2.33. The van der Waals surface area contributed by atoms with Crippen molar-refractivity contribution < 1.29 is 33.4 Å². The molecule has 0 aromatic heterocycles. The topological polar surface area (TPSA) is 123 Å². The highest BCUT2D eigenvalue weighted by molar-refractivity contribution is 6.00. The van der Waals surface area contributed by atoms with Gasteiger partial charge in [-0.3, -0.25) is 9.59 Å². The van der Waals surface area contributed by atoms with E-state index >= 15 is 0 Å². The molecule has 31 heavy (non-hydrogen) atoms. The Kier molecular flexibility index (Phi) is 6.78. The van der Waals surface area contributed by atoms with Crippen molar-refractivity contribution in [2.45, 2.75) is 26.3 Å². The Morgan fingerprint density at radius 1 is 1.19 bits per heavy atom. The Morgan fingerprint density at radius 2 is 1.94 bits per heavy atom. The monoisotopic (exact) mass is 431 g/mol. The molecular formula is C21H25N3O7. The number of amides is 3. The Hall–Kier alpha value is -3.56. The lowest BCUT2D eigenvalue weighted by atomic mass is 10.0. The van der Waals surface area contributed by atoms with Crippen molar-refractivity contribution in [2.75, 3.05) is 31.8 Å². The number of methoxy groups -OCH3 is 1. The van der Waals surface area contributed by atoms with Crippen molar-refractivity contribution in [3.8, 4) is 5.75 Å². The Morgan fingerprint density at radius 3 is 2.65 bits per heavy atom. The normalized spacial score (nSPS) is 20.8. The summed E-state index contributed by atoms with van der Waals surface area (Å²) in [6.45, 7) is 3.30. The van der Waals surface area contributed by atoms with Crippen LogP contribution in [0.4, 0.5) is 10.5 Å². The smallest absolute Gasteiger partial charge is 0.338 e. The largest absolute Gasteiger partial charge is 0.495 e. The molecule has 0 bridgehead atoms. The number of anilines is 1. The van der Waals surface area contributed by atoms with Crippen LogP contribution in [0.3, 0.4) is 0 Å². The molecule has 2 aliphatic rings. The number of hydrogen-bond acceptors (Lipinski definition) is 7. The van der Waals surface area contributed by atoms with E-state index in [-0.39, 0.29) is 43.4 Å². The van der Waals surface area contributed by atoms with Gasteiger partial charge in [0.2, 0.25) is 5.91 Å². The van der Waals surface area contributed by atoms with Gasteiger partial charge in [-0.2, -0.15) is 0 Å². The quantitative estimate of drug-likeness (QED) is 0.620. The van der Waals surface area contributed by atoms with E-state index in [4.69, 9.17) is 14.2 Å². The number of nitrogens with one attached hydrogen (secondary N) is 2. The first-order valence-corrected chi connectivity index (χ1v) is 9.93. The molecular weight excluding hydrogens is 406 g/mol. The molecule has 1 saturated heterocycles. The number of hydrogen-bond donors (Lipinski definition) is 2. The highest BCUT2D eigenvalue weighted by atomic mass is 16.5. The molecule has 2 N–H and O–H groups in total. The molecule has 10 nitrogen and oxygen atoms in total. The van der Waals surface area contributed by atoms with Gasteiger partial charge in [-0.15, -0.1) is 0 Å². The zero-order chi connectivity index (χ0) is 22.5. The molecule has 0 radical (unpaired) electrons. The van der Waals surface area contributed by atoms with Gasteiger partial charge < -0.3 is 29.7 Å². The van der Waals surface area contributed by atoms with Crippen molar-refractivity contribution in [1.29, 1.82) is 0 Å². The average molecular weight is 431 g/mol. The summed E-state index contributed by atoms with van der Waals surface area (Å²) in [6.07, 6.45) is -0.00895. The van der Waals surface area contributed by atoms with Gasteiger partial charge in [0.25, 0.3) is 0 Å². The molecule has 2 heterocycles. The summed E-state index contributed by atoms with van der Waals surface area (Å²) in [4.78, 5) is 50.7. The van der Waals surface area contributed by atoms with E-state index in [0.29, 0.717) is 11.4 Å². The molecule has 0 saturated carbocycles. The summed E-state index contributed by atoms with van der Waals surface area (Å²) in [5.41, 5.74) is 0.929. The van der Waals surface area contributed by atoms with Gasteiger partial charge >= 0.3 is 18.0 Å². The zero-order valence-electron chi connectivity index (χ0n) is 17.6. The fourth-order valence-corrected chi connectivity index (χ4v) is 3.61. The highest BCUT2D eigenvalue weighted by Gasteiger charge is 2.38. The molecule has 10 heteroatoms. The molecule has 1 aromatic rings. The van der Waals surface area contributed by atoms with Crippen LogP contribution >= 0.6 is 0 Å². The maximum absolute atomic E-state index is 12.6. The molecule has 2 atom stereocenters. The predicted octanol–water partition coefficient (Wildman–Crippen LogP) is 1.11. The van der Waals surface area contributed by atoms with Gasteiger partial charge in [-0.25, -0.2) is 9.59 Å². The van der Waals surface area contributed by atoms with E-state index in [1.807, 2.05) is 0 Å². The molecule has 1 fully saturated rings. The standard InChI is InChI=1S/C21H25N3O7/c1-4-30-20(27)18-12(2)22-21(28)23-14(18)11-31-19(26)13-9-17(25)24(10-13)15-7-5-6-8-16(15)29-3/h5-8,12-13H,4,9-11H2,1-3H3,(H2,22,23,28)/t12-,13+/m1/s1. The number of carbonyl (C=O) groups excluding carboxylic acids is 4. The van der Waals surface area contributed by atoms with Crippen LogP contribution in [0.15, 0.2) is 35.5 Å². The van der Waals surface area contributed by atoms with Crippen LogP contribution in [-0.4, -0.2) is 56.8 Å². The second kappa shape index (κ2) is 9.50. The lowest BCUT2D eigenvalue weighted by Gasteiger charge is -2.26. The Bertz CT molecular complexity index is 927. The molecule has 0 spiro atoms. The van der Waals surface area contributed by atoms with Crippen LogP contribution in [-0.2, 0) is 23.9 Å². The maximum atomic E-state index is 12.6. The number of esters is 2. The fraction of sp³-hybridized carbons (Fsp3) is 0.429. The van der Waals surface area contributed by atoms with Crippen LogP contribution < -0.4 is 20.3 Å². The SMILES string of the molecule is CCOC(=O)C1=C(COC(=O)[C@H]2CC(=O)N(c3ccccc3OC)C2)NC(=O)N[C@@H]1C. The number of urea groups is 1. The summed E-state index contributed by atoms with van der Waals surface area (Å²) in [5, 5.41) is 5.07. The predicted molar refractivity (Wildman–Crippen MR) is 109 cm³/mol. The third-order valence-electron chi connectivity index (χ3n) is 5.06. The van der Waals surface area contributed by atoms with Gasteiger partial charge in [-0.1, -0.05) is 12.1 Å². The number of rotatable bonds is 7. The molecule has 3 rings (SSSR count). The van der Waals surface area contributed by atoms with Gasteiger partial charge in [0.1, 0.15) is 12.4 Å². The minimum Gasteiger partial charge on any atom is -0.495 e. The summed E-state index contributed by atoms with van der Waals surface area (Å²) < 4.78 is 15.7. The van der Waals surface area contributed by atoms with E-state index in [0.717, 1.165) is 0 Å². The zero-order valence-corrected chi connectivity index (χ0v) is 17.6. The second-order valence-corrected chi connectivity index (χ2v) is 7.12. The lowest BCUT2D eigenvalue weighted by molar-refractivity contribution is -0.147. The van der Waals surface area contributed by atoms with E-state index in [1.54, 1.807) is 38.1 Å². The van der Waals surface area contributed by atoms with Gasteiger partial charge in [-0.05, 0) is 26.0 Å². The minimum absolute atomic E-state index is 0.00895. The average Bonchev–Trinajstić information content (AvgIpc) is 3.13. The third kappa shape index (κ3) is 4.79. The number of ether oxygens (including phenoxy) is 3. The summed E-state index contributed by atoms with van der Waals surface area (Å²) in [6, 6.07) is 5.94. The molecule has 166 valence electrons. The van der Waals surface area contributed by atoms with Crippen molar-refractivity contribution in [1.82, 2.24) is 10.6 Å². The van der Waals surface area contributed by atoms with Crippen LogP contribution in [0.1, 0.15) is 20.3 Å². The Balaban J connectivity index is 1.70. The second-order valence-electron chi connectivity index (χ2n) is 7.12. The number of benzene rings is 1. The Labute approximate surface area is 179 Å². The van der Waals surface area contributed by atoms with E-state index in [9.17, 15) is 19.2 Å². The number of nitrogens with zero attached hydrogens (tertiary/aromatic N) is 1. The first-order valence-electron chi connectivity index (χ1n) is 9.93. The number of para-hydroxylation sites is 2. The van der Waals surface area contributed by atoms with Crippen LogP contribution in [0, 0.1) is 5.92 Å².